The largest absolute Gasteiger partial charge is 0.414 e. The van der Waals surface area contributed by atoms with Crippen LogP contribution in [0.3, 0.4) is 0 Å². The van der Waals surface area contributed by atoms with E-state index in [1.807, 2.05) is 0 Å². The summed E-state index contributed by atoms with van der Waals surface area (Å²) in [7, 11) is 0. The van der Waals surface area contributed by atoms with E-state index in [-0.39, 0.29) is 16.7 Å². The van der Waals surface area contributed by atoms with Crippen LogP contribution in [-0.2, 0) is 0 Å². The molecule has 2 N–H and O–H groups in total. The van der Waals surface area contributed by atoms with Crippen LogP contribution < -0.4 is 0 Å². The molecule has 0 heterocycles. The summed E-state index contributed by atoms with van der Waals surface area (Å²) in [6.45, 7) is 8.27. The van der Waals surface area contributed by atoms with Crippen LogP contribution in [-0.4, -0.2) is 28.1 Å². The average molecular weight is 429 g/mol. The molecule has 5 heteroatoms. The van der Waals surface area contributed by atoms with Crippen molar-refractivity contribution < 1.29 is 23.4 Å². The number of aliphatic hydroxyl groups is 2. The predicted octanol–water partition coefficient (Wildman–Crippen LogP) is 6.27. The number of hydrogen-bond acceptors (Lipinski definition) is 2. The molecule has 0 bridgehead atoms. The maximum Gasteiger partial charge on any atom is 0.414 e. The zero-order valence-electron chi connectivity index (χ0n) is 18.9. The van der Waals surface area contributed by atoms with Gasteiger partial charge in [-0.05, 0) is 98.2 Å². The van der Waals surface area contributed by atoms with E-state index < -0.39 is 23.8 Å². The number of halogens is 3. The first-order chi connectivity index (χ1) is 13.9. The van der Waals surface area contributed by atoms with Crippen LogP contribution in [0.4, 0.5) is 13.2 Å². The third-order valence-corrected chi connectivity index (χ3v) is 10.5. The Morgan fingerprint density at radius 3 is 2.43 bits per heavy atom. The van der Waals surface area contributed by atoms with Crippen molar-refractivity contribution in [1.82, 2.24) is 0 Å². The molecule has 2 nitrogen and oxygen atoms in total. The van der Waals surface area contributed by atoms with Gasteiger partial charge in [0.25, 0.3) is 0 Å². The monoisotopic (exact) mass is 428 g/mol. The van der Waals surface area contributed by atoms with Crippen molar-refractivity contribution in [2.45, 2.75) is 103 Å². The van der Waals surface area contributed by atoms with Crippen molar-refractivity contribution in [3.8, 4) is 0 Å². The summed E-state index contributed by atoms with van der Waals surface area (Å²) in [6.07, 6.45) is 3.83. The van der Waals surface area contributed by atoms with Crippen molar-refractivity contribution in [2.24, 2.45) is 40.4 Å². The molecule has 0 spiro atoms. The average Bonchev–Trinajstić information content (AvgIpc) is 3.04. The van der Waals surface area contributed by atoms with E-state index in [1.165, 1.54) is 5.57 Å². The lowest BCUT2D eigenvalue weighted by Gasteiger charge is -2.59. The van der Waals surface area contributed by atoms with Gasteiger partial charge < -0.3 is 10.2 Å². The molecule has 4 aliphatic carbocycles. The summed E-state index contributed by atoms with van der Waals surface area (Å²) in [6, 6.07) is 0. The smallest absolute Gasteiger partial charge is 0.390 e. The molecule has 0 radical (unpaired) electrons. The van der Waals surface area contributed by atoms with Gasteiger partial charge in [0.1, 0.15) is 0 Å². The lowest BCUT2D eigenvalue weighted by molar-refractivity contribution is -0.227. The zero-order chi connectivity index (χ0) is 22.1. The fourth-order valence-electron chi connectivity index (χ4n) is 8.44. The molecule has 3 saturated carbocycles. The molecular formula is C25H39F3O2. The highest BCUT2D eigenvalue weighted by Crippen LogP contribution is 2.68. The lowest BCUT2D eigenvalue weighted by atomic mass is 9.46. The number of alkyl halides is 3. The number of allylic oxidation sites excluding steroid dienone is 1. The Kier molecular flexibility index (Phi) is 5.46. The van der Waals surface area contributed by atoms with Crippen LogP contribution in [0.5, 0.6) is 0 Å². The second-order valence-corrected chi connectivity index (χ2v) is 11.6. The van der Waals surface area contributed by atoms with Crippen LogP contribution in [0.1, 0.15) is 85.5 Å². The normalized spacial score (nSPS) is 48.2. The van der Waals surface area contributed by atoms with Crippen LogP contribution >= 0.6 is 0 Å². The number of hydrogen-bond donors (Lipinski definition) is 2. The Morgan fingerprint density at radius 1 is 1.10 bits per heavy atom. The molecule has 0 aliphatic heterocycles. The molecule has 2 unspecified atom stereocenters. The van der Waals surface area contributed by atoms with E-state index in [0.29, 0.717) is 17.8 Å². The minimum atomic E-state index is -4.54. The topological polar surface area (TPSA) is 40.5 Å². The van der Waals surface area contributed by atoms with Crippen LogP contribution in [0, 0.1) is 40.4 Å². The van der Waals surface area contributed by atoms with Gasteiger partial charge in [-0.1, -0.05) is 39.3 Å². The van der Waals surface area contributed by atoms with Gasteiger partial charge in [-0.2, -0.15) is 13.2 Å². The summed E-state index contributed by atoms with van der Waals surface area (Å²) in [5.41, 5.74) is 0.871. The molecule has 0 amide bonds. The molecular weight excluding hydrogens is 389 g/mol. The Hall–Kier alpha value is -0.550. The Balaban J connectivity index is 1.58. The van der Waals surface area contributed by atoms with E-state index in [2.05, 4.69) is 26.8 Å². The van der Waals surface area contributed by atoms with Gasteiger partial charge in [-0.15, -0.1) is 0 Å². The van der Waals surface area contributed by atoms with Crippen molar-refractivity contribution in [1.29, 1.82) is 0 Å². The number of rotatable bonds is 3. The molecule has 9 atom stereocenters. The molecule has 4 aliphatic rings. The van der Waals surface area contributed by atoms with E-state index in [4.69, 9.17) is 0 Å². The van der Waals surface area contributed by atoms with E-state index in [1.54, 1.807) is 6.92 Å². The summed E-state index contributed by atoms with van der Waals surface area (Å²) < 4.78 is 39.7. The first-order valence-electron chi connectivity index (χ1n) is 12.0. The Bertz CT molecular complexity index is 703. The standard InChI is InChI=1S/C25H39F3O2/c1-5-24(30)13-12-22(3)16(14-24)6-7-17-19-9-8-18(15(2)21(29)25(26,27)28)23(19,4)11-10-20(17)22/h6,15,17-21,29-30H,5,7-14H2,1-4H3/t15?,17-,18+,19-,20-,21?,22-,23+,24-/m0/s1. The molecule has 0 saturated heterocycles. The molecule has 172 valence electrons. The van der Waals surface area contributed by atoms with Gasteiger partial charge in [0, 0.05) is 0 Å². The Labute approximate surface area is 179 Å². The first kappa shape index (κ1) is 22.6. The highest BCUT2D eigenvalue weighted by Gasteiger charge is 2.61. The lowest BCUT2D eigenvalue weighted by Crippen LogP contribution is -2.53. The van der Waals surface area contributed by atoms with Crippen LogP contribution in [0.2, 0.25) is 0 Å². The third-order valence-electron chi connectivity index (χ3n) is 10.5. The predicted molar refractivity (Wildman–Crippen MR) is 112 cm³/mol. The van der Waals surface area contributed by atoms with Crippen LogP contribution in [0.15, 0.2) is 11.6 Å². The first-order valence-corrected chi connectivity index (χ1v) is 12.0. The summed E-state index contributed by atoms with van der Waals surface area (Å²) in [5.74, 6) is 0.695. The maximum atomic E-state index is 13.2. The Morgan fingerprint density at radius 2 is 1.80 bits per heavy atom. The van der Waals surface area contributed by atoms with Gasteiger partial charge >= 0.3 is 6.18 Å². The van der Waals surface area contributed by atoms with E-state index in [9.17, 15) is 23.4 Å². The maximum absolute atomic E-state index is 13.2. The molecule has 0 aromatic rings. The van der Waals surface area contributed by atoms with Gasteiger partial charge in [-0.3, -0.25) is 0 Å². The quantitative estimate of drug-likeness (QED) is 0.521. The SMILES string of the molecule is CC[C@]1(O)CC[C@@]2(C)C(=CC[C@H]3[C@@H]4CC[C@H](C(C)C(O)C(F)(F)F)[C@@]4(C)CC[C@@H]32)C1. The summed E-state index contributed by atoms with van der Waals surface area (Å²) in [5, 5.41) is 20.8. The fraction of sp³-hybridized carbons (Fsp3) is 0.920. The van der Waals surface area contributed by atoms with Gasteiger partial charge in [0.05, 0.1) is 5.60 Å². The molecule has 0 aromatic carbocycles. The summed E-state index contributed by atoms with van der Waals surface area (Å²) in [4.78, 5) is 0. The highest BCUT2D eigenvalue weighted by atomic mass is 19.4. The van der Waals surface area contributed by atoms with Crippen molar-refractivity contribution in [3.05, 3.63) is 11.6 Å². The second kappa shape index (κ2) is 7.23. The van der Waals surface area contributed by atoms with Crippen molar-refractivity contribution in [2.75, 3.05) is 0 Å². The molecule has 4 rings (SSSR count). The van der Waals surface area contributed by atoms with Gasteiger partial charge in [0.15, 0.2) is 6.10 Å². The fourth-order valence-corrected chi connectivity index (χ4v) is 8.44. The van der Waals surface area contributed by atoms with Crippen LogP contribution in [0.25, 0.3) is 0 Å². The summed E-state index contributed by atoms with van der Waals surface area (Å²) >= 11 is 0. The highest BCUT2D eigenvalue weighted by molar-refractivity contribution is 5.27. The van der Waals surface area contributed by atoms with Gasteiger partial charge in [-0.25, -0.2) is 0 Å². The van der Waals surface area contributed by atoms with Gasteiger partial charge in [0.2, 0.25) is 0 Å². The third kappa shape index (κ3) is 3.29. The molecule has 0 aromatic heterocycles. The number of fused-ring (bicyclic) bond motifs is 5. The zero-order valence-corrected chi connectivity index (χ0v) is 18.9. The van der Waals surface area contributed by atoms with Crippen molar-refractivity contribution >= 4 is 0 Å². The van der Waals surface area contributed by atoms with E-state index in [0.717, 1.165) is 57.8 Å². The van der Waals surface area contributed by atoms with Crippen molar-refractivity contribution in [3.63, 3.8) is 0 Å². The minimum absolute atomic E-state index is 0.0743. The van der Waals surface area contributed by atoms with E-state index >= 15 is 0 Å². The second-order valence-electron chi connectivity index (χ2n) is 11.6. The molecule has 30 heavy (non-hydrogen) atoms. The molecule has 3 fully saturated rings. The minimum Gasteiger partial charge on any atom is -0.390 e. The number of aliphatic hydroxyl groups excluding tert-OH is 1.